The number of benzene rings is 2. The predicted molar refractivity (Wildman–Crippen MR) is 168 cm³/mol. The summed E-state index contributed by atoms with van der Waals surface area (Å²) in [7, 11) is -3.72. The molecule has 3 atom stereocenters. The smallest absolute Gasteiger partial charge is 0.259 e. The maximum atomic E-state index is 15.6. The van der Waals surface area contributed by atoms with Gasteiger partial charge >= 0.3 is 0 Å². The number of ether oxygens (including phenoxy) is 1. The van der Waals surface area contributed by atoms with Crippen LogP contribution in [0.15, 0.2) is 42.5 Å². The Labute approximate surface area is 260 Å². The zero-order chi connectivity index (χ0) is 31.3. The first-order valence-corrected chi connectivity index (χ1v) is 17.5. The van der Waals surface area contributed by atoms with Crippen LogP contribution in [-0.4, -0.2) is 54.9 Å². The van der Waals surface area contributed by atoms with E-state index < -0.39 is 32.3 Å². The van der Waals surface area contributed by atoms with Gasteiger partial charge in [-0.25, -0.2) is 12.8 Å². The predicted octanol–water partition coefficient (Wildman–Crippen LogP) is 5.06. The molecular weight excluding hydrogens is 581 g/mol. The van der Waals surface area contributed by atoms with Gasteiger partial charge in [-0.05, 0) is 86.6 Å². The fourth-order valence-corrected chi connectivity index (χ4v) is 8.22. The maximum Gasteiger partial charge on any atom is 0.259 e. The van der Waals surface area contributed by atoms with Crippen molar-refractivity contribution in [2.45, 2.75) is 119 Å². The largest absolute Gasteiger partial charge is 0.490 e. The number of hydrogen-bond donors (Lipinski definition) is 3. The van der Waals surface area contributed by atoms with Crippen LogP contribution in [0.25, 0.3) is 11.1 Å². The van der Waals surface area contributed by atoms with Crippen molar-refractivity contribution in [3.05, 3.63) is 53.6 Å². The molecule has 6 rings (SSSR count). The van der Waals surface area contributed by atoms with Crippen molar-refractivity contribution in [2.24, 2.45) is 0 Å². The highest BCUT2D eigenvalue weighted by molar-refractivity contribution is 7.91. The molecule has 1 spiro atoms. The van der Waals surface area contributed by atoms with Crippen LogP contribution in [-0.2, 0) is 26.0 Å². The molecule has 1 heterocycles. The van der Waals surface area contributed by atoms with Crippen LogP contribution in [0.1, 0.15) is 95.6 Å². The standard InChI is InChI=1S/C34H44FN3O5S/c1-22(2)26-7-4-5-8-27(26)28-17-23(18-30(39)38-44(41,42)32(3)15-16-32)9-12-29(28)43-25-11-10-24(19-25)37-31(40)34(35)20-33(36-21-34)13-6-14-33/h4-5,7-9,12,17,22,24-25,36H,6,10-11,13-16,18-21H2,1-3H3,(H,37,40)(H,38,39)/t24-,25-,34+/m1/s1. The summed E-state index contributed by atoms with van der Waals surface area (Å²) in [6.07, 6.45) is 6.03. The molecule has 2 aromatic carbocycles. The van der Waals surface area contributed by atoms with Gasteiger partial charge in [-0.2, -0.15) is 0 Å². The third kappa shape index (κ3) is 6.12. The molecule has 2 aromatic rings. The molecule has 4 aliphatic rings. The van der Waals surface area contributed by atoms with E-state index in [0.717, 1.165) is 42.4 Å². The first kappa shape index (κ1) is 31.0. The molecule has 3 aliphatic carbocycles. The summed E-state index contributed by atoms with van der Waals surface area (Å²) in [6, 6.07) is 13.5. The van der Waals surface area contributed by atoms with Gasteiger partial charge in [-0.3, -0.25) is 14.3 Å². The summed E-state index contributed by atoms with van der Waals surface area (Å²) in [5.74, 6) is -0.188. The summed E-state index contributed by atoms with van der Waals surface area (Å²) in [4.78, 5) is 25.8. The number of sulfonamides is 1. The Bertz CT molecular complexity index is 1550. The quantitative estimate of drug-likeness (QED) is 0.340. The van der Waals surface area contributed by atoms with E-state index in [1.807, 2.05) is 30.3 Å². The summed E-state index contributed by atoms with van der Waals surface area (Å²) >= 11 is 0. The molecule has 0 bridgehead atoms. The first-order valence-electron chi connectivity index (χ1n) is 16.0. The van der Waals surface area contributed by atoms with Crippen molar-refractivity contribution in [2.75, 3.05) is 6.54 Å². The van der Waals surface area contributed by atoms with Gasteiger partial charge < -0.3 is 15.4 Å². The Kier molecular flexibility index (Phi) is 8.06. The fourth-order valence-electron chi connectivity index (χ4n) is 6.96. The Morgan fingerprint density at radius 2 is 1.82 bits per heavy atom. The molecule has 4 fully saturated rings. The van der Waals surface area contributed by atoms with Crippen LogP contribution in [0.4, 0.5) is 4.39 Å². The topological polar surface area (TPSA) is 114 Å². The van der Waals surface area contributed by atoms with E-state index in [1.54, 1.807) is 13.0 Å². The molecule has 3 N–H and O–H groups in total. The molecule has 238 valence electrons. The van der Waals surface area contributed by atoms with Crippen molar-refractivity contribution in [3.63, 3.8) is 0 Å². The van der Waals surface area contributed by atoms with E-state index >= 15 is 4.39 Å². The zero-order valence-electron chi connectivity index (χ0n) is 25.9. The lowest BCUT2D eigenvalue weighted by Crippen LogP contribution is -2.49. The van der Waals surface area contributed by atoms with Crippen LogP contribution in [0, 0.1) is 0 Å². The van der Waals surface area contributed by atoms with Crippen molar-refractivity contribution in [3.8, 4) is 16.9 Å². The molecule has 44 heavy (non-hydrogen) atoms. The van der Waals surface area contributed by atoms with Gasteiger partial charge in [0.15, 0.2) is 0 Å². The Morgan fingerprint density at radius 1 is 1.07 bits per heavy atom. The SMILES string of the molecule is CC(C)c1ccccc1-c1cc(CC(=O)NS(=O)(=O)C2(C)CC2)ccc1O[C@@H]1CC[C@@H](NC(=O)[C@@]2(F)CNC3(CCC3)C2)C1. The molecule has 10 heteroatoms. The van der Waals surface area contributed by atoms with E-state index in [2.05, 4.69) is 35.3 Å². The van der Waals surface area contributed by atoms with Crippen LogP contribution < -0.4 is 20.1 Å². The molecule has 8 nitrogen and oxygen atoms in total. The Morgan fingerprint density at radius 3 is 2.48 bits per heavy atom. The van der Waals surface area contributed by atoms with Crippen molar-refractivity contribution < 1.29 is 27.1 Å². The normalized spacial score (nSPS) is 26.8. The monoisotopic (exact) mass is 625 g/mol. The van der Waals surface area contributed by atoms with Gasteiger partial charge in [0.2, 0.25) is 21.6 Å². The van der Waals surface area contributed by atoms with Gasteiger partial charge in [0.05, 0.1) is 11.2 Å². The number of hydrogen-bond acceptors (Lipinski definition) is 6. The van der Waals surface area contributed by atoms with E-state index in [1.165, 1.54) is 0 Å². The maximum absolute atomic E-state index is 15.6. The van der Waals surface area contributed by atoms with Crippen molar-refractivity contribution in [1.29, 1.82) is 0 Å². The van der Waals surface area contributed by atoms with E-state index in [-0.39, 0.29) is 43.0 Å². The van der Waals surface area contributed by atoms with E-state index in [9.17, 15) is 18.0 Å². The zero-order valence-corrected chi connectivity index (χ0v) is 26.7. The van der Waals surface area contributed by atoms with Gasteiger partial charge in [0.25, 0.3) is 5.91 Å². The highest BCUT2D eigenvalue weighted by atomic mass is 32.2. The molecule has 0 aromatic heterocycles. The number of carbonyl (C=O) groups excluding carboxylic acids is 2. The van der Waals surface area contributed by atoms with Gasteiger partial charge in [-0.15, -0.1) is 0 Å². The lowest BCUT2D eigenvalue weighted by molar-refractivity contribution is -0.133. The average Bonchev–Trinajstić information content (AvgIpc) is 3.39. The van der Waals surface area contributed by atoms with Crippen molar-refractivity contribution in [1.82, 2.24) is 15.4 Å². The minimum atomic E-state index is -3.72. The van der Waals surface area contributed by atoms with Gasteiger partial charge in [0, 0.05) is 36.5 Å². The van der Waals surface area contributed by atoms with E-state index in [4.69, 9.17) is 4.74 Å². The Hall–Kier alpha value is -2.98. The number of halogens is 1. The third-order valence-electron chi connectivity index (χ3n) is 10.2. The highest BCUT2D eigenvalue weighted by Gasteiger charge is 2.55. The van der Waals surface area contributed by atoms with Crippen molar-refractivity contribution >= 4 is 21.8 Å². The number of amides is 2. The fraction of sp³-hybridized carbons (Fsp3) is 0.588. The summed E-state index contributed by atoms with van der Waals surface area (Å²) < 4.78 is 48.7. The van der Waals surface area contributed by atoms with Crippen LogP contribution >= 0.6 is 0 Å². The number of alkyl halides is 1. The van der Waals surface area contributed by atoms with Crippen LogP contribution in [0.2, 0.25) is 0 Å². The third-order valence-corrected chi connectivity index (χ3v) is 12.4. The first-order chi connectivity index (χ1) is 20.8. The second kappa shape index (κ2) is 11.4. The molecule has 1 aliphatic heterocycles. The number of carbonyl (C=O) groups is 2. The second-order valence-corrected chi connectivity index (χ2v) is 16.3. The average molecular weight is 626 g/mol. The van der Waals surface area contributed by atoms with E-state index in [0.29, 0.717) is 37.0 Å². The summed E-state index contributed by atoms with van der Waals surface area (Å²) in [6.45, 7) is 5.96. The molecule has 1 saturated heterocycles. The minimum Gasteiger partial charge on any atom is -0.490 e. The second-order valence-electron chi connectivity index (χ2n) is 14.1. The molecule has 2 amide bonds. The summed E-state index contributed by atoms with van der Waals surface area (Å²) in [5.41, 5.74) is 1.55. The molecular formula is C34H44FN3O5S. The number of nitrogens with one attached hydrogen (secondary N) is 3. The van der Waals surface area contributed by atoms with Gasteiger partial charge in [0.1, 0.15) is 11.9 Å². The molecule has 0 radical (unpaired) electrons. The highest BCUT2D eigenvalue weighted by Crippen LogP contribution is 2.45. The molecule has 0 unspecified atom stereocenters. The van der Waals surface area contributed by atoms with Crippen LogP contribution in [0.3, 0.4) is 0 Å². The van der Waals surface area contributed by atoms with Gasteiger partial charge in [-0.1, -0.05) is 44.2 Å². The lowest BCUT2D eigenvalue weighted by atomic mass is 9.74. The lowest BCUT2D eigenvalue weighted by Gasteiger charge is -2.38. The van der Waals surface area contributed by atoms with Crippen LogP contribution in [0.5, 0.6) is 5.75 Å². The summed E-state index contributed by atoms with van der Waals surface area (Å²) in [5, 5.41) is 6.23. The Balaban J connectivity index is 1.17. The molecule has 3 saturated carbocycles. The minimum absolute atomic E-state index is 0.0692. The number of rotatable bonds is 10.